The van der Waals surface area contributed by atoms with E-state index in [9.17, 15) is 24.0 Å². The number of halogens is 2. The van der Waals surface area contributed by atoms with Crippen LogP contribution < -0.4 is 16.0 Å². The molecule has 0 aliphatic rings. The zero-order chi connectivity index (χ0) is 31.4. The smallest absolute Gasteiger partial charge is 0.321 e. The Bertz CT molecular complexity index is 1250. The van der Waals surface area contributed by atoms with Crippen LogP contribution >= 0.6 is 45.5 Å². The molecule has 42 heavy (non-hydrogen) atoms. The van der Waals surface area contributed by atoms with Crippen LogP contribution in [0.5, 0.6) is 0 Å². The Kier molecular flexibility index (Phi) is 14.2. The number of carbonyl (C=O) groups excluding carboxylic acids is 5. The molecular weight excluding hydrogens is 703 g/mol. The fraction of sp³-hybridized carbons (Fsp3) is 0.481. The monoisotopic (exact) mass is 736 g/mol. The molecule has 15 heteroatoms. The van der Waals surface area contributed by atoms with E-state index in [0.29, 0.717) is 9.88 Å². The molecule has 12 nitrogen and oxygen atoms in total. The molecule has 0 aliphatic carbocycles. The molecule has 0 fully saturated rings. The molecule has 0 radical (unpaired) electrons. The Labute approximate surface area is 266 Å². The summed E-state index contributed by atoms with van der Waals surface area (Å²) in [7, 11) is 2.71. The number of aromatic nitrogens is 1. The maximum atomic E-state index is 13.7. The summed E-state index contributed by atoms with van der Waals surface area (Å²) in [5.74, 6) is -3.82. The van der Waals surface area contributed by atoms with Crippen molar-refractivity contribution >= 4 is 75.0 Å². The van der Waals surface area contributed by atoms with Crippen LogP contribution in [0.25, 0.3) is 0 Å². The lowest BCUT2D eigenvalue weighted by Gasteiger charge is -2.32. The Hall–Kier alpha value is -2.66. The molecule has 1 aromatic carbocycles. The van der Waals surface area contributed by atoms with Gasteiger partial charge >= 0.3 is 5.97 Å². The zero-order valence-corrected chi connectivity index (χ0v) is 27.5. The number of ether oxygens (including phenoxy) is 3. The van der Waals surface area contributed by atoms with Crippen LogP contribution in [0.3, 0.4) is 0 Å². The van der Waals surface area contributed by atoms with E-state index in [1.165, 1.54) is 34.3 Å². The first-order valence-corrected chi connectivity index (χ1v) is 15.3. The largest absolute Gasteiger partial charge is 0.451 e. The van der Waals surface area contributed by atoms with Crippen molar-refractivity contribution < 1.29 is 38.2 Å². The molecule has 3 N–H and O–H groups in total. The average molecular weight is 737 g/mol. The fourth-order valence-electron chi connectivity index (χ4n) is 3.76. The first-order valence-electron chi connectivity index (χ1n) is 12.7. The zero-order valence-electron chi connectivity index (χ0n) is 23.8. The molecule has 0 saturated carbocycles. The number of benzene rings is 1. The van der Waals surface area contributed by atoms with Crippen LogP contribution in [0.15, 0.2) is 36.5 Å². The van der Waals surface area contributed by atoms with Gasteiger partial charge in [-0.05, 0) is 26.3 Å². The number of hydrogen-bond donors (Lipinski definition) is 3. The number of aryl methyl sites for hydroxylation is 1. The van der Waals surface area contributed by atoms with Gasteiger partial charge in [-0.2, -0.15) is 0 Å². The van der Waals surface area contributed by atoms with E-state index >= 15 is 0 Å². The van der Waals surface area contributed by atoms with Crippen molar-refractivity contribution in [1.29, 1.82) is 0 Å². The lowest BCUT2D eigenvalue weighted by atomic mass is 9.92. The lowest BCUT2D eigenvalue weighted by Crippen LogP contribution is -2.60. The maximum Gasteiger partial charge on any atom is 0.321 e. The Morgan fingerprint density at radius 3 is 2.07 bits per heavy atom. The van der Waals surface area contributed by atoms with Crippen LogP contribution in [0.2, 0.25) is 0 Å². The Morgan fingerprint density at radius 2 is 1.55 bits per heavy atom. The first-order chi connectivity index (χ1) is 19.8. The van der Waals surface area contributed by atoms with Gasteiger partial charge < -0.3 is 30.2 Å². The van der Waals surface area contributed by atoms with E-state index in [1.807, 2.05) is 28.7 Å². The highest BCUT2D eigenvalue weighted by atomic mass is 127. The van der Waals surface area contributed by atoms with Crippen molar-refractivity contribution in [3.8, 4) is 0 Å². The fourth-order valence-corrected chi connectivity index (χ4v) is 5.42. The van der Waals surface area contributed by atoms with Gasteiger partial charge in [-0.1, -0.05) is 52.9 Å². The normalized spacial score (nSPS) is 14.2. The number of nitrogens with one attached hydrogen (secondary N) is 3. The van der Waals surface area contributed by atoms with Gasteiger partial charge in [0.15, 0.2) is 11.4 Å². The van der Waals surface area contributed by atoms with E-state index in [4.69, 9.17) is 25.8 Å². The first kappa shape index (κ1) is 35.5. The van der Waals surface area contributed by atoms with Crippen LogP contribution in [0.1, 0.15) is 38.0 Å². The Morgan fingerprint density at radius 1 is 0.976 bits per heavy atom. The molecule has 2 aromatic rings. The summed E-state index contributed by atoms with van der Waals surface area (Å²) in [5.41, 5.74) is -0.907. The molecule has 0 saturated heterocycles. The predicted molar refractivity (Wildman–Crippen MR) is 165 cm³/mol. The molecule has 0 bridgehead atoms. The average Bonchev–Trinajstić information content (AvgIpc) is 3.41. The number of alkyl halides is 2. The van der Waals surface area contributed by atoms with Crippen LogP contribution in [-0.4, -0.2) is 91.5 Å². The number of Topliss-reactive ketones (excluding diaryl/α,β-unsaturated/α-hetero) is 1. The van der Waals surface area contributed by atoms with Gasteiger partial charge in [0.2, 0.25) is 11.8 Å². The third kappa shape index (κ3) is 10.3. The number of methoxy groups -OCH3 is 2. The number of nitrogens with zero attached hydrogens (tertiary/aromatic N) is 1. The van der Waals surface area contributed by atoms with Crippen LogP contribution in [0, 0.1) is 6.92 Å². The van der Waals surface area contributed by atoms with E-state index in [2.05, 4.69) is 20.9 Å². The van der Waals surface area contributed by atoms with Crippen molar-refractivity contribution in [2.45, 2.75) is 48.4 Å². The van der Waals surface area contributed by atoms with Gasteiger partial charge in [0.1, 0.15) is 28.9 Å². The van der Waals surface area contributed by atoms with E-state index in [0.717, 1.165) is 16.9 Å². The number of rotatable bonds is 16. The quantitative estimate of drug-likeness (QED) is 0.133. The summed E-state index contributed by atoms with van der Waals surface area (Å²) in [6, 6.07) is 5.38. The summed E-state index contributed by atoms with van der Waals surface area (Å²) in [5, 5.41) is 8.53. The number of ketones is 1. The highest BCUT2D eigenvalue weighted by Crippen LogP contribution is 2.31. The van der Waals surface area contributed by atoms with Crippen molar-refractivity contribution in [2.75, 3.05) is 33.3 Å². The number of thiazole rings is 1. The van der Waals surface area contributed by atoms with E-state index in [-0.39, 0.29) is 13.2 Å². The third-order valence-electron chi connectivity index (χ3n) is 5.83. The predicted octanol–water partition coefficient (Wildman–Crippen LogP) is 2.12. The highest BCUT2D eigenvalue weighted by molar-refractivity contribution is 14.1. The van der Waals surface area contributed by atoms with Gasteiger partial charge in [0, 0.05) is 14.2 Å². The molecule has 3 amide bonds. The number of amides is 3. The Balaban J connectivity index is 2.29. The van der Waals surface area contributed by atoms with Crippen LogP contribution in [-0.2, 0) is 33.4 Å². The third-order valence-corrected chi connectivity index (χ3v) is 8.40. The highest BCUT2D eigenvalue weighted by Gasteiger charge is 2.42. The standard InChI is InChI=1S/C27H34ClIN4O8S/c1-15-30-12-19(42-15)26(38)32-17(13-39-4)24(36)31-18(14-40-5)25(37)33-22(21(29)16-9-7-6-8-10-16)23(35)27(2,3)41-20(34)11-28/h6-10,12,17-18,21-22H,11,13-14H2,1-5H3,(H,31,36)(H,32,38)(H,33,37)/t17-,18-,21?,22?/m0/s1. The molecule has 2 rings (SSSR count). The van der Waals surface area contributed by atoms with Crippen molar-refractivity contribution in [2.24, 2.45) is 0 Å². The second-order valence-electron chi connectivity index (χ2n) is 9.52. The van der Waals surface area contributed by atoms with Gasteiger partial charge in [-0.3, -0.25) is 24.0 Å². The summed E-state index contributed by atoms with van der Waals surface area (Å²) in [6.45, 7) is 4.13. The minimum atomic E-state index is -1.63. The van der Waals surface area contributed by atoms with E-state index < -0.39 is 63.0 Å². The summed E-state index contributed by atoms with van der Waals surface area (Å²) < 4.78 is 15.0. The van der Waals surface area contributed by atoms with E-state index in [1.54, 1.807) is 31.2 Å². The van der Waals surface area contributed by atoms with Gasteiger partial charge in [0.05, 0.1) is 28.3 Å². The second kappa shape index (κ2) is 16.8. The maximum absolute atomic E-state index is 13.7. The van der Waals surface area contributed by atoms with Crippen molar-refractivity contribution in [3.63, 3.8) is 0 Å². The molecule has 2 unspecified atom stereocenters. The van der Waals surface area contributed by atoms with Gasteiger partial charge in [0.25, 0.3) is 5.91 Å². The molecule has 1 heterocycles. The lowest BCUT2D eigenvalue weighted by molar-refractivity contribution is -0.162. The van der Waals surface area contributed by atoms with Crippen molar-refractivity contribution in [1.82, 2.24) is 20.9 Å². The topological polar surface area (TPSA) is 162 Å². The van der Waals surface area contributed by atoms with Crippen LogP contribution in [0.4, 0.5) is 0 Å². The van der Waals surface area contributed by atoms with Crippen molar-refractivity contribution in [3.05, 3.63) is 52.0 Å². The molecule has 0 aliphatic heterocycles. The molecule has 0 spiro atoms. The van der Waals surface area contributed by atoms with Gasteiger partial charge in [-0.15, -0.1) is 22.9 Å². The molecule has 4 atom stereocenters. The summed E-state index contributed by atoms with van der Waals surface area (Å²) in [6.07, 6.45) is 1.40. The number of hydrogen-bond acceptors (Lipinski definition) is 10. The molecular formula is C27H34ClIN4O8S. The summed E-state index contributed by atoms with van der Waals surface area (Å²) >= 11 is 8.76. The van der Waals surface area contributed by atoms with Gasteiger partial charge in [-0.25, -0.2) is 4.98 Å². The minimum absolute atomic E-state index is 0.179. The second-order valence-corrected chi connectivity index (χ2v) is 12.4. The molecule has 1 aromatic heterocycles. The SMILES string of the molecule is COC[C@H](NC(=O)c1cnc(C)s1)C(=O)N[C@@H](COC)C(=O)NC(C(=O)C(C)(C)OC(=O)CCl)C(I)c1ccccc1. The number of esters is 1. The number of carbonyl (C=O) groups is 5. The summed E-state index contributed by atoms with van der Waals surface area (Å²) in [4.78, 5) is 69.3. The minimum Gasteiger partial charge on any atom is -0.451 e. The molecule has 230 valence electrons.